The van der Waals surface area contributed by atoms with Crippen LogP contribution in [0.2, 0.25) is 0 Å². The number of hydrogen-bond donors (Lipinski definition) is 0. The normalized spacial score (nSPS) is 20.7. The van der Waals surface area contributed by atoms with Gasteiger partial charge in [0.05, 0.1) is 5.52 Å². The zero-order valence-electron chi connectivity index (χ0n) is 16.9. The first kappa shape index (κ1) is 18.3. The van der Waals surface area contributed by atoms with Crippen LogP contribution in [0.1, 0.15) is 72.6 Å². The summed E-state index contributed by atoms with van der Waals surface area (Å²) in [5, 5.41) is 5.57. The van der Waals surface area contributed by atoms with Gasteiger partial charge in [0.1, 0.15) is 5.69 Å². The highest BCUT2D eigenvalue weighted by molar-refractivity contribution is 6.25. The van der Waals surface area contributed by atoms with E-state index in [0.717, 1.165) is 53.8 Å². The number of ketones is 1. The van der Waals surface area contributed by atoms with Crippen molar-refractivity contribution < 1.29 is 9.59 Å². The second kappa shape index (κ2) is 7.25. The molecule has 2 aliphatic rings. The summed E-state index contributed by atoms with van der Waals surface area (Å²) in [7, 11) is 0. The molecule has 0 amide bonds. The van der Waals surface area contributed by atoms with Gasteiger partial charge >= 0.3 is 0 Å². The van der Waals surface area contributed by atoms with Crippen molar-refractivity contribution in [3.05, 3.63) is 53.6 Å². The van der Waals surface area contributed by atoms with E-state index in [-0.39, 0.29) is 17.6 Å². The molecule has 4 nitrogen and oxygen atoms in total. The Bertz CT molecular complexity index is 1100. The van der Waals surface area contributed by atoms with Crippen molar-refractivity contribution >= 4 is 22.6 Å². The van der Waals surface area contributed by atoms with Gasteiger partial charge in [0.25, 0.3) is 5.91 Å². The van der Waals surface area contributed by atoms with Crippen LogP contribution in [0, 0.1) is 11.8 Å². The Kier molecular flexibility index (Phi) is 4.57. The van der Waals surface area contributed by atoms with Crippen LogP contribution in [0.3, 0.4) is 0 Å². The molecule has 0 spiro atoms. The molecule has 148 valence electrons. The van der Waals surface area contributed by atoms with Gasteiger partial charge in [-0.1, -0.05) is 62.6 Å². The standard InChI is InChI=1S/C25H26N2O2/c1-2-3-7-16-12-14-17(15-13-16)25(29)27-21-11-6-10-20-22(21)23(26-27)18-8-4-5-9-19(18)24(20)28/h4-6,8-11,16-17H,2-3,7,12-15H2,1H3. The largest absolute Gasteiger partial charge is 0.289 e. The van der Waals surface area contributed by atoms with Crippen LogP contribution < -0.4 is 0 Å². The van der Waals surface area contributed by atoms with E-state index < -0.39 is 0 Å². The van der Waals surface area contributed by atoms with Crippen molar-refractivity contribution in [2.24, 2.45) is 11.8 Å². The molecule has 1 fully saturated rings. The zero-order valence-corrected chi connectivity index (χ0v) is 16.9. The maximum atomic E-state index is 13.4. The van der Waals surface area contributed by atoms with E-state index in [1.54, 1.807) is 4.68 Å². The second-order valence-corrected chi connectivity index (χ2v) is 8.53. The van der Waals surface area contributed by atoms with Crippen LogP contribution in [-0.4, -0.2) is 21.5 Å². The molecule has 1 aromatic heterocycles. The lowest BCUT2D eigenvalue weighted by atomic mass is 9.79. The molecule has 0 N–H and O–H groups in total. The third-order valence-corrected chi connectivity index (χ3v) is 6.75. The van der Waals surface area contributed by atoms with E-state index in [1.165, 1.54) is 19.3 Å². The lowest BCUT2D eigenvalue weighted by Gasteiger charge is -2.27. The van der Waals surface area contributed by atoms with Gasteiger partial charge in [0, 0.05) is 28.0 Å². The summed E-state index contributed by atoms with van der Waals surface area (Å²) in [6.45, 7) is 2.24. The number of unbranched alkanes of at least 4 members (excludes halogenated alkanes) is 1. The summed E-state index contributed by atoms with van der Waals surface area (Å²) in [5.41, 5.74) is 3.67. The first-order valence-corrected chi connectivity index (χ1v) is 10.9. The summed E-state index contributed by atoms with van der Waals surface area (Å²) < 4.78 is 1.58. The Balaban J connectivity index is 1.51. The van der Waals surface area contributed by atoms with Gasteiger partial charge in [-0.2, -0.15) is 9.78 Å². The number of rotatable bonds is 4. The predicted molar refractivity (Wildman–Crippen MR) is 114 cm³/mol. The Labute approximate surface area is 170 Å². The van der Waals surface area contributed by atoms with E-state index in [9.17, 15) is 9.59 Å². The minimum absolute atomic E-state index is 0.0159. The minimum Gasteiger partial charge on any atom is -0.289 e. The van der Waals surface area contributed by atoms with Crippen molar-refractivity contribution in [2.75, 3.05) is 0 Å². The van der Waals surface area contributed by atoms with E-state index in [4.69, 9.17) is 5.10 Å². The van der Waals surface area contributed by atoms with Crippen molar-refractivity contribution in [1.29, 1.82) is 0 Å². The number of benzene rings is 2. The molecule has 2 aliphatic carbocycles. The Morgan fingerprint density at radius 1 is 1.00 bits per heavy atom. The van der Waals surface area contributed by atoms with Gasteiger partial charge in [0.15, 0.2) is 5.78 Å². The zero-order chi connectivity index (χ0) is 20.0. The fourth-order valence-electron chi connectivity index (χ4n) is 5.11. The summed E-state index contributed by atoms with van der Waals surface area (Å²) >= 11 is 0. The summed E-state index contributed by atoms with van der Waals surface area (Å²) in [5.74, 6) is 0.891. The van der Waals surface area contributed by atoms with Gasteiger partial charge in [-0.15, -0.1) is 0 Å². The van der Waals surface area contributed by atoms with Crippen molar-refractivity contribution in [1.82, 2.24) is 9.78 Å². The first-order valence-electron chi connectivity index (χ1n) is 10.9. The Morgan fingerprint density at radius 3 is 2.48 bits per heavy atom. The van der Waals surface area contributed by atoms with Crippen molar-refractivity contribution in [3.8, 4) is 11.3 Å². The summed E-state index contributed by atoms with van der Waals surface area (Å²) in [4.78, 5) is 26.4. The molecule has 2 aromatic carbocycles. The minimum atomic E-state index is 0.0159. The number of nitrogens with zero attached hydrogens (tertiary/aromatic N) is 2. The van der Waals surface area contributed by atoms with E-state index in [1.807, 2.05) is 42.5 Å². The SMILES string of the molecule is CCCCC1CCC(C(=O)n2nc3c4c(cccc42)C(=O)c2ccccc2-3)CC1. The Hall–Kier alpha value is -2.75. The third kappa shape index (κ3) is 2.93. The highest BCUT2D eigenvalue weighted by atomic mass is 16.2. The third-order valence-electron chi connectivity index (χ3n) is 6.75. The molecule has 0 bridgehead atoms. The molecule has 3 aromatic rings. The van der Waals surface area contributed by atoms with Gasteiger partial charge in [0.2, 0.25) is 0 Å². The molecule has 29 heavy (non-hydrogen) atoms. The molecule has 0 unspecified atom stereocenters. The quantitative estimate of drug-likeness (QED) is 0.440. The van der Waals surface area contributed by atoms with Gasteiger partial charge in [-0.05, 0) is 37.7 Å². The summed E-state index contributed by atoms with van der Waals surface area (Å²) in [6, 6.07) is 13.2. The van der Waals surface area contributed by atoms with Crippen LogP contribution in [0.4, 0.5) is 0 Å². The Morgan fingerprint density at radius 2 is 1.72 bits per heavy atom. The smallest absolute Gasteiger partial charge is 0.250 e. The van der Waals surface area contributed by atoms with E-state index in [2.05, 4.69) is 6.92 Å². The van der Waals surface area contributed by atoms with Crippen molar-refractivity contribution in [3.63, 3.8) is 0 Å². The highest BCUT2D eigenvalue weighted by Gasteiger charge is 2.32. The van der Waals surface area contributed by atoms with Crippen LogP contribution >= 0.6 is 0 Å². The number of carbonyl (C=O) groups excluding carboxylic acids is 2. The number of fused-ring (bicyclic) bond motifs is 2. The van der Waals surface area contributed by atoms with Crippen LogP contribution in [0.5, 0.6) is 0 Å². The first-order chi connectivity index (χ1) is 14.2. The van der Waals surface area contributed by atoms with Gasteiger partial charge in [-0.3, -0.25) is 9.59 Å². The molecular weight excluding hydrogens is 360 g/mol. The van der Waals surface area contributed by atoms with E-state index in [0.29, 0.717) is 11.1 Å². The maximum Gasteiger partial charge on any atom is 0.250 e. The fourth-order valence-corrected chi connectivity index (χ4v) is 5.11. The average Bonchev–Trinajstić information content (AvgIpc) is 3.16. The number of aromatic nitrogens is 2. The average molecular weight is 386 g/mol. The molecule has 0 radical (unpaired) electrons. The molecule has 1 heterocycles. The molecule has 5 rings (SSSR count). The maximum absolute atomic E-state index is 13.4. The predicted octanol–water partition coefficient (Wildman–Crippen LogP) is 5.88. The lowest BCUT2D eigenvalue weighted by Crippen LogP contribution is -2.27. The van der Waals surface area contributed by atoms with E-state index >= 15 is 0 Å². The second-order valence-electron chi connectivity index (χ2n) is 8.53. The molecule has 0 saturated heterocycles. The van der Waals surface area contributed by atoms with Gasteiger partial charge < -0.3 is 0 Å². The summed E-state index contributed by atoms with van der Waals surface area (Å²) in [6.07, 6.45) is 7.97. The van der Waals surface area contributed by atoms with Crippen molar-refractivity contribution in [2.45, 2.75) is 51.9 Å². The monoisotopic (exact) mass is 386 g/mol. The molecular formula is C25H26N2O2. The molecule has 1 saturated carbocycles. The lowest BCUT2D eigenvalue weighted by molar-refractivity contribution is 0.0770. The van der Waals surface area contributed by atoms with Crippen LogP contribution in [-0.2, 0) is 0 Å². The molecule has 0 atom stereocenters. The molecule has 0 aliphatic heterocycles. The van der Waals surface area contributed by atoms with Gasteiger partial charge in [-0.25, -0.2) is 0 Å². The highest BCUT2D eigenvalue weighted by Crippen LogP contribution is 2.40. The number of hydrogen-bond acceptors (Lipinski definition) is 3. The molecule has 4 heteroatoms. The topological polar surface area (TPSA) is 52.0 Å². The number of carbonyl (C=O) groups is 2. The van der Waals surface area contributed by atoms with Crippen LogP contribution in [0.25, 0.3) is 22.2 Å². The van der Waals surface area contributed by atoms with Crippen LogP contribution in [0.15, 0.2) is 42.5 Å². The fraction of sp³-hybridized carbons (Fsp3) is 0.400.